The van der Waals surface area contributed by atoms with Crippen molar-refractivity contribution in [1.82, 2.24) is 0 Å². The summed E-state index contributed by atoms with van der Waals surface area (Å²) in [6.45, 7) is -1.79. The van der Waals surface area contributed by atoms with Gasteiger partial charge in [0, 0.05) is 336 Å². The molecule has 0 bridgehead atoms. The first-order valence-electron chi connectivity index (χ1n) is 7.90. The third-order valence-electron chi connectivity index (χ3n) is 1.40. The first-order chi connectivity index (χ1) is 23.1. The molecular formula is CH3IOS44. The van der Waals surface area contributed by atoms with Crippen LogP contribution in [0, 0.1) is 0 Å². The molecule has 0 amide bonds. The fourth-order valence-corrected chi connectivity index (χ4v) is 118. The Morgan fingerprint density at radius 2 is 0.447 bits per heavy atom. The van der Waals surface area contributed by atoms with Gasteiger partial charge in [0.25, 0.3) is 0 Å². The number of halogens is 1. The number of hydrogen-bond donors (Lipinski definition) is 0. The minimum absolute atomic E-state index is 1.46. The monoisotopic (exact) mass is 1560 g/mol. The van der Waals surface area contributed by atoms with E-state index in [1.54, 1.807) is 113 Å². The Hall–Kier alpha value is 15.8. The molecule has 0 saturated heterocycles. The fraction of sp³-hybridized carbons (Fsp3) is 1.00. The van der Waals surface area contributed by atoms with E-state index in [-0.39, 0.29) is 0 Å². The molecule has 0 atom stereocenters. The van der Waals surface area contributed by atoms with Gasteiger partial charge >= 0.3 is 0 Å². The molecule has 0 N–H and O–H groups in total. The molecule has 46 heteroatoms. The predicted molar refractivity (Wildman–Crippen MR) is 354 cm³/mol. The Balaban J connectivity index is 3.07. The van der Waals surface area contributed by atoms with Gasteiger partial charge in [-0.2, -0.15) is 0 Å². The zero-order chi connectivity index (χ0) is 34.2. The molecule has 0 rings (SSSR count). The van der Waals surface area contributed by atoms with Gasteiger partial charge in [0.2, 0.25) is 0 Å². The molecule has 0 aliphatic rings. The van der Waals surface area contributed by atoms with Gasteiger partial charge in [-0.05, 0) is 109 Å². The Morgan fingerprint density at radius 1 is 0.298 bits per heavy atom. The van der Waals surface area contributed by atoms with Crippen LogP contribution in [0.1, 0.15) is 0 Å². The molecule has 0 heterocycles. The maximum atomic E-state index is 5.16. The summed E-state index contributed by atoms with van der Waals surface area (Å²) in [5.74, 6) is 0. The van der Waals surface area contributed by atoms with E-state index in [4.69, 9.17) is 26.6 Å². The second-order valence-electron chi connectivity index (χ2n) is 3.36. The predicted octanol–water partition coefficient (Wildman–Crippen LogP) is 27.6. The molecule has 0 spiro atoms. The molecule has 284 valence electrons. The Kier molecular flexibility index (Phi) is 75.1. The van der Waals surface area contributed by atoms with E-state index in [2.05, 4.69) is 21.2 Å². The lowest BCUT2D eigenvalue weighted by molar-refractivity contribution is 0.491. The molecule has 0 radical (unpaired) electrons. The van der Waals surface area contributed by atoms with E-state index in [9.17, 15) is 0 Å². The molecule has 0 unspecified atom stereocenters. The summed E-state index contributed by atoms with van der Waals surface area (Å²) in [5.41, 5.74) is 0. The summed E-state index contributed by atoms with van der Waals surface area (Å²) in [6, 6.07) is 0. The van der Waals surface area contributed by atoms with Gasteiger partial charge in [-0.25, -0.2) is 0 Å². The van der Waals surface area contributed by atoms with Gasteiger partial charge in [-0.1, -0.05) is 0 Å². The standard InChI is InChI=1S/CH3IOS44/c1-3-47(4,5)46-45-44-43-42-41-40-39-38-37-36-35-34-33-32-31-30-29-28-27-26-25-24-23-22-21-20-19-18-17-16-15-14-13-12-11-10-9-8-7-6-2/h1H3. The minimum Gasteiger partial charge on any atom is -0.305 e. The van der Waals surface area contributed by atoms with E-state index >= 15 is 0 Å². The molecule has 0 fully saturated rings. The molecule has 0 aliphatic carbocycles. The van der Waals surface area contributed by atoms with Crippen molar-refractivity contribution in [3.63, 3.8) is 0 Å². The van der Waals surface area contributed by atoms with Crippen molar-refractivity contribution in [2.24, 2.45) is 0 Å². The Bertz CT molecular complexity index is 660. The van der Waals surface area contributed by atoms with E-state index in [1.807, 2.05) is 285 Å². The number of rotatable bonds is 42. The summed E-state index contributed by atoms with van der Waals surface area (Å²) < 4.78 is 5.10. The quantitative estimate of drug-likeness (QED) is 0.0326. The van der Waals surface area contributed by atoms with Crippen molar-refractivity contribution < 1.29 is 4.18 Å². The zero-order valence-electron chi connectivity index (χ0n) is 19.7. The first kappa shape index (κ1) is 62.8. The van der Waals surface area contributed by atoms with Gasteiger partial charge in [-0.15, -0.1) is 0 Å². The molecule has 0 aromatic carbocycles. The van der Waals surface area contributed by atoms with Gasteiger partial charge < -0.3 is 4.18 Å². The van der Waals surface area contributed by atoms with Crippen molar-refractivity contribution in [3.8, 4) is 0 Å². The third-order valence-corrected chi connectivity index (χ3v) is 99.5. The van der Waals surface area contributed by atoms with Gasteiger partial charge in [0.15, 0.2) is 0 Å². The molecular weight excluding hydrogens is 1570 g/mol. The highest BCUT2D eigenvalue weighted by molar-refractivity contribution is 14.2. The van der Waals surface area contributed by atoms with Crippen LogP contribution in [0.4, 0.5) is 0 Å². The normalized spacial score (nSPS) is 12.0. The summed E-state index contributed by atoms with van der Waals surface area (Å²) in [6.07, 6.45) is 0. The largest absolute Gasteiger partial charge is 0.305 e. The maximum Gasteiger partial charge on any atom is 0.0817 e. The van der Waals surface area contributed by atoms with Gasteiger partial charge in [0.05, 0.1) is 13.6 Å². The van der Waals surface area contributed by atoms with Crippen LogP contribution in [0.2, 0.25) is 0 Å². The smallest absolute Gasteiger partial charge is 0.0817 e. The topological polar surface area (TPSA) is 9.23 Å². The molecule has 47 heavy (non-hydrogen) atoms. The van der Waals surface area contributed by atoms with Crippen molar-refractivity contribution in [3.05, 3.63) is 0 Å². The highest BCUT2D eigenvalue weighted by Crippen LogP contribution is 2.68. The SMILES string of the molecule is COS(=S)(=S)SSSSSSSSSSSSSSSSSSSSSSSSSSSSSSSSSSSSSSSSSI. The highest BCUT2D eigenvalue weighted by Gasteiger charge is 2.05. The molecule has 1 nitrogen and oxygen atoms in total. The molecule has 0 aromatic heterocycles. The van der Waals surface area contributed by atoms with Crippen molar-refractivity contribution in [1.29, 1.82) is 0 Å². The highest BCUT2D eigenvalue weighted by atomic mass is 127. The molecule has 0 saturated carbocycles. The summed E-state index contributed by atoms with van der Waals surface area (Å²) in [7, 11) is 75.1. The van der Waals surface area contributed by atoms with Crippen molar-refractivity contribution in [2.45, 2.75) is 0 Å². The van der Waals surface area contributed by atoms with Crippen LogP contribution in [-0.4, -0.2) is 7.11 Å². The molecule has 0 aromatic rings. The van der Waals surface area contributed by atoms with E-state index in [1.165, 1.54) is 9.83 Å². The van der Waals surface area contributed by atoms with E-state index < -0.39 is 6.46 Å². The van der Waals surface area contributed by atoms with Crippen LogP contribution < -0.4 is 0 Å². The Labute approximate surface area is 449 Å². The second kappa shape index (κ2) is 56.2. The van der Waals surface area contributed by atoms with E-state index in [0.29, 0.717) is 0 Å². The average Bonchev–Trinajstić information content (AvgIpc) is 3.07. The summed E-state index contributed by atoms with van der Waals surface area (Å²) in [5, 5.41) is 0. The first-order valence-corrected chi connectivity index (χ1v) is 68.5. The fourth-order valence-electron chi connectivity index (χ4n) is 0.503. The van der Waals surface area contributed by atoms with Crippen LogP contribution in [0.5, 0.6) is 0 Å². The number of hydrogen-bond acceptors (Lipinski definition) is 44. The minimum atomic E-state index is -1.79. The van der Waals surface area contributed by atoms with Crippen LogP contribution in [0.3, 0.4) is 0 Å². The van der Waals surface area contributed by atoms with Crippen LogP contribution in [0.25, 0.3) is 0 Å². The summed E-state index contributed by atoms with van der Waals surface area (Å²) in [4.78, 5) is 0. The average molecular weight is 1570 g/mol. The van der Waals surface area contributed by atoms with Crippen LogP contribution in [-0.2, 0) is 33.0 Å². The lowest BCUT2D eigenvalue weighted by Gasteiger charge is -2.03. The van der Waals surface area contributed by atoms with E-state index in [0.717, 1.165) is 0 Å². The van der Waals surface area contributed by atoms with Crippen LogP contribution in [0.15, 0.2) is 0 Å². The summed E-state index contributed by atoms with van der Waals surface area (Å²) >= 11 is 12.6. The third kappa shape index (κ3) is 57.9. The van der Waals surface area contributed by atoms with Gasteiger partial charge in [-0.3, -0.25) is 0 Å². The van der Waals surface area contributed by atoms with Gasteiger partial charge in [0.1, 0.15) is 0 Å². The zero-order valence-corrected chi connectivity index (χ0v) is 57.8. The second-order valence-corrected chi connectivity index (χ2v) is 85.1. The lowest BCUT2D eigenvalue weighted by Crippen LogP contribution is -1.87. The lowest BCUT2D eigenvalue weighted by atomic mass is 11.8. The van der Waals surface area contributed by atoms with Crippen molar-refractivity contribution in [2.75, 3.05) is 7.11 Å². The van der Waals surface area contributed by atoms with Crippen LogP contribution >= 0.6 is 422 Å². The molecule has 0 aliphatic heterocycles. The van der Waals surface area contributed by atoms with Crippen molar-refractivity contribution >= 4 is 451 Å². The Morgan fingerprint density at radius 3 is 0.596 bits per heavy atom. The maximum absolute atomic E-state index is 5.16.